The second-order valence-corrected chi connectivity index (χ2v) is 4.52. The van der Waals surface area contributed by atoms with Gasteiger partial charge in [0.1, 0.15) is 0 Å². The van der Waals surface area contributed by atoms with Crippen LogP contribution in [0.3, 0.4) is 0 Å². The Morgan fingerprint density at radius 1 is 1.36 bits per heavy atom. The molecular weight excluding hydrogens is 180 g/mol. The van der Waals surface area contributed by atoms with E-state index in [9.17, 15) is 4.79 Å². The van der Waals surface area contributed by atoms with Gasteiger partial charge in [-0.2, -0.15) is 0 Å². The molecule has 3 heterocycles. The molecule has 78 valence electrons. The van der Waals surface area contributed by atoms with Gasteiger partial charge >= 0.3 is 0 Å². The van der Waals surface area contributed by atoms with Gasteiger partial charge < -0.3 is 15.4 Å². The summed E-state index contributed by atoms with van der Waals surface area (Å²) < 4.78 is 5.68. The Kier molecular flexibility index (Phi) is 1.99. The van der Waals surface area contributed by atoms with Gasteiger partial charge in [-0.15, -0.1) is 0 Å². The van der Waals surface area contributed by atoms with Crippen LogP contribution in [0, 0.1) is 0 Å². The Bertz CT molecular complexity index is 253. The minimum Gasteiger partial charge on any atom is -0.373 e. The quantitative estimate of drug-likeness (QED) is 0.642. The van der Waals surface area contributed by atoms with Crippen LogP contribution < -0.4 is 10.6 Å². The van der Waals surface area contributed by atoms with E-state index < -0.39 is 0 Å². The summed E-state index contributed by atoms with van der Waals surface area (Å²) in [5.74, 6) is 0.164. The fourth-order valence-electron chi connectivity index (χ4n) is 2.59. The van der Waals surface area contributed by atoms with Crippen LogP contribution in [0.2, 0.25) is 0 Å². The number of rotatable bonds is 2. The number of amides is 1. The number of carbonyl (C=O) groups is 1. The summed E-state index contributed by atoms with van der Waals surface area (Å²) in [6.07, 6.45) is 5.01. The first kappa shape index (κ1) is 8.68. The van der Waals surface area contributed by atoms with Crippen LogP contribution in [0.5, 0.6) is 0 Å². The van der Waals surface area contributed by atoms with Crippen molar-refractivity contribution in [2.24, 2.45) is 0 Å². The molecule has 0 aliphatic carbocycles. The predicted molar refractivity (Wildman–Crippen MR) is 50.9 cm³/mol. The zero-order valence-corrected chi connectivity index (χ0v) is 8.16. The minimum atomic E-state index is 0.0640. The molecule has 0 radical (unpaired) electrons. The highest BCUT2D eigenvalue weighted by atomic mass is 16.5. The normalized spacial score (nSPS) is 44.9. The summed E-state index contributed by atoms with van der Waals surface area (Å²) in [5.41, 5.74) is 0. The van der Waals surface area contributed by atoms with E-state index in [-0.39, 0.29) is 18.0 Å². The molecule has 0 aromatic heterocycles. The predicted octanol–water partition coefficient (Wildman–Crippen LogP) is -0.216. The first-order chi connectivity index (χ1) is 6.83. The molecule has 3 fully saturated rings. The third kappa shape index (κ3) is 1.33. The van der Waals surface area contributed by atoms with Crippen molar-refractivity contribution in [1.82, 2.24) is 10.6 Å². The number of fused-ring (bicyclic) bond motifs is 2. The Hall–Kier alpha value is -0.610. The summed E-state index contributed by atoms with van der Waals surface area (Å²) in [4.78, 5) is 11.6. The molecular formula is C10H16N2O2. The number of hydrogen-bond donors (Lipinski definition) is 2. The summed E-state index contributed by atoms with van der Waals surface area (Å²) in [6.45, 7) is 0.977. The largest absolute Gasteiger partial charge is 0.373 e. The van der Waals surface area contributed by atoms with E-state index in [1.807, 2.05) is 0 Å². The number of ether oxygens (including phenoxy) is 1. The van der Waals surface area contributed by atoms with Crippen LogP contribution in [-0.2, 0) is 9.53 Å². The lowest BCUT2D eigenvalue weighted by Gasteiger charge is -2.29. The third-order valence-corrected chi connectivity index (χ3v) is 3.57. The third-order valence-electron chi connectivity index (χ3n) is 3.57. The second-order valence-electron chi connectivity index (χ2n) is 4.52. The number of hydrogen-bond acceptors (Lipinski definition) is 3. The van der Waals surface area contributed by atoms with Gasteiger partial charge in [0.2, 0.25) is 5.91 Å². The molecule has 3 rings (SSSR count). The van der Waals surface area contributed by atoms with Crippen molar-refractivity contribution in [3.05, 3.63) is 0 Å². The van der Waals surface area contributed by atoms with E-state index >= 15 is 0 Å². The molecule has 0 spiro atoms. The average molecular weight is 196 g/mol. The zero-order valence-electron chi connectivity index (χ0n) is 8.16. The van der Waals surface area contributed by atoms with Crippen molar-refractivity contribution in [2.75, 3.05) is 6.54 Å². The first-order valence-electron chi connectivity index (χ1n) is 5.52. The van der Waals surface area contributed by atoms with Crippen LogP contribution in [0.1, 0.15) is 25.7 Å². The highest BCUT2D eigenvalue weighted by molar-refractivity contribution is 5.83. The van der Waals surface area contributed by atoms with E-state index in [1.165, 1.54) is 6.42 Å². The molecule has 2 N–H and O–H groups in total. The van der Waals surface area contributed by atoms with Gasteiger partial charge in [-0.1, -0.05) is 0 Å². The Morgan fingerprint density at radius 2 is 2.21 bits per heavy atom. The van der Waals surface area contributed by atoms with E-state index in [2.05, 4.69) is 10.6 Å². The highest BCUT2D eigenvalue weighted by Gasteiger charge is 2.42. The molecule has 3 unspecified atom stereocenters. The Morgan fingerprint density at radius 3 is 2.71 bits per heavy atom. The van der Waals surface area contributed by atoms with Gasteiger partial charge in [0.15, 0.2) is 0 Å². The molecule has 3 saturated heterocycles. The number of nitrogens with one attached hydrogen (secondary N) is 2. The summed E-state index contributed by atoms with van der Waals surface area (Å²) in [5, 5.41) is 6.20. The molecule has 0 saturated carbocycles. The molecule has 3 aliphatic heterocycles. The van der Waals surface area contributed by atoms with Gasteiger partial charge in [0, 0.05) is 0 Å². The van der Waals surface area contributed by atoms with Crippen LogP contribution >= 0.6 is 0 Å². The molecule has 0 aromatic rings. The standard InChI is InChI=1S/C10H16N2O2/c13-10(7-3-4-11-7)12-8-5-6-1-2-9(8)14-6/h6-9,11H,1-5H2,(H,12,13)/t6?,7-,8?,9?/m1/s1. The molecule has 0 aromatic carbocycles. The van der Waals surface area contributed by atoms with Crippen molar-refractivity contribution < 1.29 is 9.53 Å². The molecule has 2 bridgehead atoms. The smallest absolute Gasteiger partial charge is 0.237 e. The SMILES string of the molecule is O=C(NC1CC2CCC1O2)[C@H]1CCN1. The fraction of sp³-hybridized carbons (Fsp3) is 0.900. The summed E-state index contributed by atoms with van der Waals surface area (Å²) in [6, 6.07) is 0.345. The van der Waals surface area contributed by atoms with Crippen LogP contribution in [0.25, 0.3) is 0 Å². The summed E-state index contributed by atoms with van der Waals surface area (Å²) in [7, 11) is 0. The fourth-order valence-corrected chi connectivity index (χ4v) is 2.59. The summed E-state index contributed by atoms with van der Waals surface area (Å²) >= 11 is 0. The highest BCUT2D eigenvalue weighted by Crippen LogP contribution is 2.34. The zero-order chi connectivity index (χ0) is 9.54. The van der Waals surface area contributed by atoms with Crippen molar-refractivity contribution in [2.45, 2.75) is 50.0 Å². The van der Waals surface area contributed by atoms with E-state index in [0.717, 1.165) is 25.8 Å². The first-order valence-corrected chi connectivity index (χ1v) is 5.52. The van der Waals surface area contributed by atoms with Gasteiger partial charge in [0.05, 0.1) is 24.3 Å². The lowest BCUT2D eigenvalue weighted by Crippen LogP contribution is -2.56. The molecule has 14 heavy (non-hydrogen) atoms. The number of carbonyl (C=O) groups excluding carboxylic acids is 1. The molecule has 1 amide bonds. The van der Waals surface area contributed by atoms with Gasteiger partial charge in [-0.05, 0) is 32.2 Å². The maximum atomic E-state index is 11.6. The minimum absolute atomic E-state index is 0.0640. The monoisotopic (exact) mass is 196 g/mol. The van der Waals surface area contributed by atoms with Crippen LogP contribution in [-0.4, -0.2) is 36.7 Å². The maximum Gasteiger partial charge on any atom is 0.237 e. The van der Waals surface area contributed by atoms with Crippen molar-refractivity contribution >= 4 is 5.91 Å². The van der Waals surface area contributed by atoms with E-state index in [1.54, 1.807) is 0 Å². The van der Waals surface area contributed by atoms with Crippen LogP contribution in [0.15, 0.2) is 0 Å². The van der Waals surface area contributed by atoms with Crippen LogP contribution in [0.4, 0.5) is 0 Å². The second kappa shape index (κ2) is 3.21. The lowest BCUT2D eigenvalue weighted by molar-refractivity contribution is -0.125. The molecule has 4 heteroatoms. The topological polar surface area (TPSA) is 50.4 Å². The molecule has 4 nitrogen and oxygen atoms in total. The Balaban J connectivity index is 1.54. The molecule has 4 atom stereocenters. The Labute approximate surface area is 83.4 Å². The van der Waals surface area contributed by atoms with Crippen molar-refractivity contribution in [1.29, 1.82) is 0 Å². The van der Waals surface area contributed by atoms with Gasteiger partial charge in [-0.25, -0.2) is 0 Å². The average Bonchev–Trinajstić information content (AvgIpc) is 2.60. The van der Waals surface area contributed by atoms with Crippen molar-refractivity contribution in [3.63, 3.8) is 0 Å². The lowest BCUT2D eigenvalue weighted by atomic mass is 9.95. The maximum absolute atomic E-state index is 11.6. The molecule has 3 aliphatic rings. The van der Waals surface area contributed by atoms with E-state index in [4.69, 9.17) is 4.74 Å². The van der Waals surface area contributed by atoms with Crippen molar-refractivity contribution in [3.8, 4) is 0 Å². The van der Waals surface area contributed by atoms with E-state index in [0.29, 0.717) is 12.2 Å². The van der Waals surface area contributed by atoms with Gasteiger partial charge in [0.25, 0.3) is 0 Å². The van der Waals surface area contributed by atoms with Gasteiger partial charge in [-0.3, -0.25) is 4.79 Å².